The zero-order valence-corrected chi connectivity index (χ0v) is 8.21. The average Bonchev–Trinajstić information content (AvgIpc) is 2.64. The molecule has 0 saturated heterocycles. The Labute approximate surface area is 84.3 Å². The van der Waals surface area contributed by atoms with Gasteiger partial charge in [-0.3, -0.25) is 0 Å². The molecule has 14 heavy (non-hydrogen) atoms. The first-order valence-corrected chi connectivity index (χ1v) is 4.78. The van der Waals surface area contributed by atoms with Gasteiger partial charge in [0.15, 0.2) is 0 Å². The maximum Gasteiger partial charge on any atom is 0.122 e. The van der Waals surface area contributed by atoms with Crippen molar-refractivity contribution in [3.05, 3.63) is 23.8 Å². The van der Waals surface area contributed by atoms with Gasteiger partial charge in [-0.1, -0.05) is 5.92 Å². The van der Waals surface area contributed by atoms with Gasteiger partial charge in [-0.2, -0.15) is 0 Å². The molecule has 0 bridgehead atoms. The van der Waals surface area contributed by atoms with Crippen LogP contribution in [0.5, 0.6) is 5.75 Å². The minimum atomic E-state index is 0.0652. The number of hydrogen-bond donors (Lipinski definition) is 1. The molecule has 0 saturated carbocycles. The van der Waals surface area contributed by atoms with Crippen molar-refractivity contribution in [1.82, 2.24) is 0 Å². The Balaban J connectivity index is 2.17. The summed E-state index contributed by atoms with van der Waals surface area (Å²) in [6.07, 6.45) is 6.29. The van der Waals surface area contributed by atoms with Gasteiger partial charge in [-0.05, 0) is 30.7 Å². The predicted octanol–water partition coefficient (Wildman–Crippen LogP) is 2.06. The Kier molecular flexibility index (Phi) is 2.32. The molecule has 0 spiro atoms. The third-order valence-corrected chi connectivity index (χ3v) is 2.32. The molecule has 1 aromatic carbocycles. The number of nitrogens with one attached hydrogen (secondary N) is 1. The zero-order chi connectivity index (χ0) is 9.97. The van der Waals surface area contributed by atoms with Crippen molar-refractivity contribution in [2.75, 3.05) is 11.9 Å². The quantitative estimate of drug-likeness (QED) is 0.715. The summed E-state index contributed by atoms with van der Waals surface area (Å²) in [5.41, 5.74) is 2.33. The highest BCUT2D eigenvalue weighted by Crippen LogP contribution is 2.27. The lowest BCUT2D eigenvalue weighted by Gasteiger charge is -2.10. The molecule has 1 aliphatic heterocycles. The molecule has 0 aromatic heterocycles. The second-order valence-electron chi connectivity index (χ2n) is 3.45. The van der Waals surface area contributed by atoms with E-state index in [0.717, 1.165) is 24.5 Å². The molecule has 2 nitrogen and oxygen atoms in total. The molecule has 0 fully saturated rings. The highest BCUT2D eigenvalue weighted by Gasteiger charge is 2.11. The molecule has 0 amide bonds. The van der Waals surface area contributed by atoms with Crippen LogP contribution in [0.4, 0.5) is 5.69 Å². The van der Waals surface area contributed by atoms with Crippen molar-refractivity contribution in [3.8, 4) is 18.1 Å². The summed E-state index contributed by atoms with van der Waals surface area (Å²) in [5.74, 6) is 3.64. The maximum absolute atomic E-state index is 5.42. The molecular formula is C12H13NO. The van der Waals surface area contributed by atoms with E-state index in [2.05, 4.69) is 17.3 Å². The summed E-state index contributed by atoms with van der Waals surface area (Å²) in [4.78, 5) is 0. The monoisotopic (exact) mass is 187 g/mol. The first-order chi connectivity index (χ1) is 6.79. The van der Waals surface area contributed by atoms with E-state index in [4.69, 9.17) is 11.2 Å². The fourth-order valence-corrected chi connectivity index (χ4v) is 1.57. The van der Waals surface area contributed by atoms with Gasteiger partial charge in [0.1, 0.15) is 5.75 Å². The first-order valence-electron chi connectivity index (χ1n) is 4.78. The lowest BCUT2D eigenvalue weighted by Crippen LogP contribution is -2.11. The van der Waals surface area contributed by atoms with Gasteiger partial charge in [0.2, 0.25) is 0 Å². The molecule has 72 valence electrons. The topological polar surface area (TPSA) is 21.3 Å². The molecule has 2 heteroatoms. The third-order valence-electron chi connectivity index (χ3n) is 2.32. The Morgan fingerprint density at radius 1 is 1.57 bits per heavy atom. The van der Waals surface area contributed by atoms with Crippen LogP contribution in [0.25, 0.3) is 0 Å². The van der Waals surface area contributed by atoms with Crippen molar-refractivity contribution >= 4 is 5.69 Å². The van der Waals surface area contributed by atoms with E-state index in [0.29, 0.717) is 0 Å². The number of terminal acetylenes is 1. The molecule has 2 rings (SSSR count). The summed E-state index contributed by atoms with van der Waals surface area (Å²) in [6.45, 7) is 2.76. The van der Waals surface area contributed by atoms with Crippen LogP contribution in [-0.4, -0.2) is 12.6 Å². The highest BCUT2D eigenvalue weighted by molar-refractivity contribution is 5.53. The number of anilines is 1. The van der Waals surface area contributed by atoms with E-state index < -0.39 is 0 Å². The summed E-state index contributed by atoms with van der Waals surface area (Å²) in [6, 6.07) is 6.16. The van der Waals surface area contributed by atoms with E-state index in [1.54, 1.807) is 0 Å². The Morgan fingerprint density at radius 3 is 3.21 bits per heavy atom. The van der Waals surface area contributed by atoms with Crippen molar-refractivity contribution in [3.63, 3.8) is 0 Å². The summed E-state index contributed by atoms with van der Waals surface area (Å²) in [7, 11) is 0. The lowest BCUT2D eigenvalue weighted by atomic mass is 10.1. The Bertz CT molecular complexity index is 378. The third kappa shape index (κ3) is 1.67. The molecule has 1 unspecified atom stereocenters. The summed E-state index contributed by atoms with van der Waals surface area (Å²) >= 11 is 0. The van der Waals surface area contributed by atoms with Crippen LogP contribution >= 0.6 is 0 Å². The standard InChI is InChI=1S/C12H13NO/c1-3-9(2)13-11-4-5-12-10(8-11)6-7-14-12/h1,4-5,8-9,13H,6-7H2,2H3. The maximum atomic E-state index is 5.42. The van der Waals surface area contributed by atoms with Gasteiger partial charge >= 0.3 is 0 Å². The van der Waals surface area contributed by atoms with Crippen LogP contribution < -0.4 is 10.1 Å². The molecule has 1 atom stereocenters. The highest BCUT2D eigenvalue weighted by atomic mass is 16.5. The molecule has 0 radical (unpaired) electrons. The van der Waals surface area contributed by atoms with Crippen LogP contribution in [-0.2, 0) is 6.42 Å². The second-order valence-corrected chi connectivity index (χ2v) is 3.45. The second kappa shape index (κ2) is 3.63. The molecular weight excluding hydrogens is 174 g/mol. The molecule has 1 N–H and O–H groups in total. The van der Waals surface area contributed by atoms with E-state index in [1.807, 2.05) is 19.1 Å². The fourth-order valence-electron chi connectivity index (χ4n) is 1.57. The van der Waals surface area contributed by atoms with Crippen molar-refractivity contribution in [1.29, 1.82) is 0 Å². The Hall–Kier alpha value is -1.62. The fraction of sp³-hybridized carbons (Fsp3) is 0.333. The van der Waals surface area contributed by atoms with Crippen molar-refractivity contribution in [2.45, 2.75) is 19.4 Å². The van der Waals surface area contributed by atoms with E-state index >= 15 is 0 Å². The SMILES string of the molecule is C#CC(C)Nc1ccc2c(c1)CCO2. The summed E-state index contributed by atoms with van der Waals surface area (Å²) < 4.78 is 5.42. The molecule has 1 aromatic rings. The van der Waals surface area contributed by atoms with E-state index in [-0.39, 0.29) is 6.04 Å². The average molecular weight is 187 g/mol. The van der Waals surface area contributed by atoms with Crippen LogP contribution in [0.1, 0.15) is 12.5 Å². The minimum Gasteiger partial charge on any atom is -0.493 e. The van der Waals surface area contributed by atoms with Gasteiger partial charge in [0.05, 0.1) is 12.6 Å². The van der Waals surface area contributed by atoms with Gasteiger partial charge in [-0.25, -0.2) is 0 Å². The van der Waals surface area contributed by atoms with Crippen LogP contribution in [0.2, 0.25) is 0 Å². The smallest absolute Gasteiger partial charge is 0.122 e. The van der Waals surface area contributed by atoms with Crippen molar-refractivity contribution < 1.29 is 4.74 Å². The van der Waals surface area contributed by atoms with Gasteiger partial charge in [0, 0.05) is 12.1 Å². The molecule has 1 heterocycles. The van der Waals surface area contributed by atoms with Crippen LogP contribution in [0.15, 0.2) is 18.2 Å². The molecule has 1 aliphatic rings. The van der Waals surface area contributed by atoms with Gasteiger partial charge in [-0.15, -0.1) is 6.42 Å². The lowest BCUT2D eigenvalue weighted by molar-refractivity contribution is 0.357. The Morgan fingerprint density at radius 2 is 2.43 bits per heavy atom. The van der Waals surface area contributed by atoms with Gasteiger partial charge in [0.25, 0.3) is 0 Å². The van der Waals surface area contributed by atoms with Crippen molar-refractivity contribution in [2.24, 2.45) is 0 Å². The largest absolute Gasteiger partial charge is 0.493 e. The minimum absolute atomic E-state index is 0.0652. The number of ether oxygens (including phenoxy) is 1. The molecule has 0 aliphatic carbocycles. The zero-order valence-electron chi connectivity index (χ0n) is 8.21. The predicted molar refractivity (Wildman–Crippen MR) is 57.6 cm³/mol. The van der Waals surface area contributed by atoms with Crippen LogP contribution in [0.3, 0.4) is 0 Å². The van der Waals surface area contributed by atoms with Crippen LogP contribution in [0, 0.1) is 12.3 Å². The number of rotatable bonds is 2. The van der Waals surface area contributed by atoms with E-state index in [9.17, 15) is 0 Å². The number of fused-ring (bicyclic) bond motifs is 1. The number of hydrogen-bond acceptors (Lipinski definition) is 2. The van der Waals surface area contributed by atoms with E-state index in [1.165, 1.54) is 5.56 Å². The first kappa shape index (κ1) is 8.96. The summed E-state index contributed by atoms with van der Waals surface area (Å²) in [5, 5.41) is 3.23. The van der Waals surface area contributed by atoms with Gasteiger partial charge < -0.3 is 10.1 Å². The number of benzene rings is 1. The normalized spacial score (nSPS) is 15.1.